The number of hydrogen-bond acceptors (Lipinski definition) is 2. The summed E-state index contributed by atoms with van der Waals surface area (Å²) in [5.74, 6) is 0.181. The molecular weight excluding hydrogens is 260 g/mol. The van der Waals surface area contributed by atoms with E-state index in [-0.39, 0.29) is 18.3 Å². The quantitative estimate of drug-likeness (QED) is 0.863. The first-order valence-electron chi connectivity index (χ1n) is 6.52. The molecule has 1 aromatic rings. The van der Waals surface area contributed by atoms with Gasteiger partial charge in [0.25, 0.3) is 0 Å². The summed E-state index contributed by atoms with van der Waals surface area (Å²) in [6, 6.07) is 7.84. The summed E-state index contributed by atoms with van der Waals surface area (Å²) < 4.78 is 0. The average molecular weight is 283 g/mol. The number of halogens is 1. The van der Waals surface area contributed by atoms with E-state index in [0.29, 0.717) is 17.9 Å². The number of nitrogens with zero attached hydrogens (tertiary/aromatic N) is 1. The van der Waals surface area contributed by atoms with E-state index in [4.69, 9.17) is 5.73 Å². The molecule has 4 heteroatoms. The van der Waals surface area contributed by atoms with Crippen LogP contribution in [-0.2, 0) is 11.2 Å². The molecule has 106 valence electrons. The van der Waals surface area contributed by atoms with Gasteiger partial charge in [0.2, 0.25) is 5.91 Å². The van der Waals surface area contributed by atoms with Crippen molar-refractivity contribution >= 4 is 24.0 Å². The van der Waals surface area contributed by atoms with Crippen LogP contribution in [0.5, 0.6) is 0 Å². The minimum atomic E-state index is 0. The molecule has 1 aliphatic carbocycles. The van der Waals surface area contributed by atoms with E-state index < -0.39 is 0 Å². The lowest BCUT2D eigenvalue weighted by molar-refractivity contribution is -0.132. The van der Waals surface area contributed by atoms with E-state index in [1.807, 2.05) is 36.2 Å². The topological polar surface area (TPSA) is 46.3 Å². The number of rotatable bonds is 4. The number of likely N-dealkylation sites (N-methyl/N-ethyl adjacent to an activating group) is 1. The van der Waals surface area contributed by atoms with Gasteiger partial charge in [-0.3, -0.25) is 4.79 Å². The molecule has 0 spiro atoms. The first-order chi connectivity index (χ1) is 8.42. The lowest BCUT2D eigenvalue weighted by Crippen LogP contribution is -2.40. The van der Waals surface area contributed by atoms with Crippen LogP contribution in [0.4, 0.5) is 5.69 Å². The van der Waals surface area contributed by atoms with Gasteiger partial charge in [0.15, 0.2) is 0 Å². The zero-order chi connectivity index (χ0) is 13.3. The van der Waals surface area contributed by atoms with Crippen molar-refractivity contribution in [1.82, 2.24) is 4.90 Å². The Bertz CT molecular complexity index is 440. The number of benzene rings is 1. The van der Waals surface area contributed by atoms with E-state index in [1.165, 1.54) is 12.8 Å². The molecule has 0 heterocycles. The highest BCUT2D eigenvalue weighted by molar-refractivity contribution is 5.85. The van der Waals surface area contributed by atoms with Crippen molar-refractivity contribution in [1.29, 1.82) is 0 Å². The lowest BCUT2D eigenvalue weighted by atomic mass is 9.99. The Morgan fingerprint density at radius 2 is 1.89 bits per heavy atom. The Morgan fingerprint density at radius 3 is 2.37 bits per heavy atom. The second-order valence-corrected chi connectivity index (χ2v) is 5.75. The van der Waals surface area contributed by atoms with Crippen LogP contribution in [0, 0.1) is 5.41 Å². The Hall–Kier alpha value is -1.22. The van der Waals surface area contributed by atoms with Crippen LogP contribution in [0.15, 0.2) is 24.3 Å². The molecule has 1 fully saturated rings. The van der Waals surface area contributed by atoms with E-state index in [9.17, 15) is 4.79 Å². The van der Waals surface area contributed by atoms with Gasteiger partial charge in [-0.2, -0.15) is 0 Å². The first-order valence-corrected chi connectivity index (χ1v) is 6.52. The van der Waals surface area contributed by atoms with Gasteiger partial charge in [0.05, 0.1) is 6.42 Å². The van der Waals surface area contributed by atoms with Crippen LogP contribution in [0.1, 0.15) is 32.3 Å². The molecule has 1 atom stereocenters. The number of anilines is 1. The minimum Gasteiger partial charge on any atom is -0.399 e. The van der Waals surface area contributed by atoms with Gasteiger partial charge in [-0.05, 0) is 42.9 Å². The normalized spacial score (nSPS) is 17.2. The predicted octanol–water partition coefficient (Wildman–Crippen LogP) is 2.88. The van der Waals surface area contributed by atoms with E-state index in [1.54, 1.807) is 0 Å². The van der Waals surface area contributed by atoms with Gasteiger partial charge < -0.3 is 10.6 Å². The molecule has 1 amide bonds. The molecule has 1 aromatic carbocycles. The van der Waals surface area contributed by atoms with Crippen molar-refractivity contribution in [2.24, 2.45) is 5.41 Å². The minimum absolute atomic E-state index is 0. The molecule has 2 rings (SSSR count). The fourth-order valence-electron chi connectivity index (χ4n) is 2.23. The monoisotopic (exact) mass is 282 g/mol. The highest BCUT2D eigenvalue weighted by Gasteiger charge is 2.45. The third-order valence-corrected chi connectivity index (χ3v) is 4.36. The second-order valence-electron chi connectivity index (χ2n) is 5.75. The smallest absolute Gasteiger partial charge is 0.226 e. The van der Waals surface area contributed by atoms with Gasteiger partial charge in [0.1, 0.15) is 0 Å². The second kappa shape index (κ2) is 5.83. The molecule has 2 N–H and O–H groups in total. The number of nitrogens with two attached hydrogens (primary N) is 1. The summed E-state index contributed by atoms with van der Waals surface area (Å²) >= 11 is 0. The molecular formula is C15H23ClN2O. The molecule has 0 bridgehead atoms. The molecule has 19 heavy (non-hydrogen) atoms. The van der Waals surface area contributed by atoms with Crippen molar-refractivity contribution < 1.29 is 4.79 Å². The first kappa shape index (κ1) is 15.8. The number of carbonyl (C=O) groups excluding carboxylic acids is 1. The molecule has 1 saturated carbocycles. The van der Waals surface area contributed by atoms with E-state index in [2.05, 4.69) is 13.8 Å². The molecule has 0 aliphatic heterocycles. The molecule has 1 aliphatic rings. The van der Waals surface area contributed by atoms with Crippen molar-refractivity contribution in [3.63, 3.8) is 0 Å². The molecule has 0 aromatic heterocycles. The third-order valence-electron chi connectivity index (χ3n) is 4.36. The Kier molecular flexibility index (Phi) is 4.86. The molecule has 0 saturated heterocycles. The number of nitrogen functional groups attached to an aromatic ring is 1. The summed E-state index contributed by atoms with van der Waals surface area (Å²) in [4.78, 5) is 14.1. The zero-order valence-electron chi connectivity index (χ0n) is 11.8. The largest absolute Gasteiger partial charge is 0.399 e. The highest BCUT2D eigenvalue weighted by atomic mass is 35.5. The fraction of sp³-hybridized carbons (Fsp3) is 0.533. The predicted molar refractivity (Wildman–Crippen MR) is 81.4 cm³/mol. The molecule has 1 unspecified atom stereocenters. The standard InChI is InChI=1S/C15H22N2O.ClH/c1-11(15(2)8-9-15)17(3)14(18)10-12-4-6-13(16)7-5-12;/h4-7,11H,8-10,16H2,1-3H3;1H. The van der Waals surface area contributed by atoms with E-state index >= 15 is 0 Å². The Morgan fingerprint density at radius 1 is 1.37 bits per heavy atom. The van der Waals surface area contributed by atoms with Crippen LogP contribution >= 0.6 is 12.4 Å². The van der Waals surface area contributed by atoms with Crippen LogP contribution in [0.25, 0.3) is 0 Å². The fourth-order valence-corrected chi connectivity index (χ4v) is 2.23. The van der Waals surface area contributed by atoms with E-state index in [0.717, 1.165) is 11.3 Å². The van der Waals surface area contributed by atoms with Crippen LogP contribution < -0.4 is 5.73 Å². The summed E-state index contributed by atoms with van der Waals surface area (Å²) in [5, 5.41) is 0. The van der Waals surface area contributed by atoms with Crippen molar-refractivity contribution in [2.45, 2.75) is 39.2 Å². The van der Waals surface area contributed by atoms with Crippen LogP contribution in [0.2, 0.25) is 0 Å². The Labute approximate surface area is 121 Å². The van der Waals surface area contributed by atoms with Crippen LogP contribution in [0.3, 0.4) is 0 Å². The maximum atomic E-state index is 12.2. The van der Waals surface area contributed by atoms with Gasteiger partial charge >= 0.3 is 0 Å². The summed E-state index contributed by atoms with van der Waals surface area (Å²) in [5.41, 5.74) is 7.73. The lowest BCUT2D eigenvalue weighted by Gasteiger charge is -2.30. The van der Waals surface area contributed by atoms with Gasteiger partial charge in [-0.15, -0.1) is 12.4 Å². The summed E-state index contributed by atoms with van der Waals surface area (Å²) in [6.45, 7) is 4.40. The SMILES string of the molecule is CC(N(C)C(=O)Cc1ccc(N)cc1)C1(C)CC1.Cl. The van der Waals surface area contributed by atoms with Crippen LogP contribution in [-0.4, -0.2) is 23.9 Å². The van der Waals surface area contributed by atoms with Crippen molar-refractivity contribution in [3.05, 3.63) is 29.8 Å². The van der Waals surface area contributed by atoms with Gasteiger partial charge in [-0.25, -0.2) is 0 Å². The van der Waals surface area contributed by atoms with Crippen molar-refractivity contribution in [3.8, 4) is 0 Å². The maximum Gasteiger partial charge on any atom is 0.226 e. The third kappa shape index (κ3) is 3.63. The molecule has 3 nitrogen and oxygen atoms in total. The molecule has 0 radical (unpaired) electrons. The van der Waals surface area contributed by atoms with Gasteiger partial charge in [-0.1, -0.05) is 19.1 Å². The zero-order valence-corrected chi connectivity index (χ0v) is 12.7. The Balaban J connectivity index is 0.00000180. The summed E-state index contributed by atoms with van der Waals surface area (Å²) in [6.07, 6.45) is 2.92. The summed E-state index contributed by atoms with van der Waals surface area (Å²) in [7, 11) is 1.91. The van der Waals surface area contributed by atoms with Gasteiger partial charge in [0, 0.05) is 18.8 Å². The number of amides is 1. The maximum absolute atomic E-state index is 12.2. The number of carbonyl (C=O) groups is 1. The average Bonchev–Trinajstić information content (AvgIpc) is 3.09. The number of hydrogen-bond donors (Lipinski definition) is 1. The van der Waals surface area contributed by atoms with Crippen molar-refractivity contribution in [2.75, 3.05) is 12.8 Å². The highest BCUT2D eigenvalue weighted by Crippen LogP contribution is 2.49.